The van der Waals surface area contributed by atoms with Gasteiger partial charge in [0, 0.05) is 45.3 Å². The Labute approximate surface area is 270 Å². The summed E-state index contributed by atoms with van der Waals surface area (Å²) in [6, 6.07) is 10.5. The van der Waals surface area contributed by atoms with Gasteiger partial charge in [-0.15, -0.1) is 0 Å². The Morgan fingerprint density at radius 3 is 2.35 bits per heavy atom. The highest BCUT2D eigenvalue weighted by molar-refractivity contribution is 7.92. The molecule has 2 aliphatic heterocycles. The van der Waals surface area contributed by atoms with Gasteiger partial charge in [-0.2, -0.15) is 4.98 Å². The van der Waals surface area contributed by atoms with Crippen molar-refractivity contribution >= 4 is 55.9 Å². The lowest BCUT2D eigenvalue weighted by molar-refractivity contribution is -0.111. The second kappa shape index (κ2) is 14.4. The number of para-hydroxylation sites is 1. The highest BCUT2D eigenvalue weighted by Crippen LogP contribution is 2.39. The van der Waals surface area contributed by atoms with Crippen LogP contribution >= 0.6 is 0 Å². The van der Waals surface area contributed by atoms with Crippen LogP contribution in [0.15, 0.2) is 60.1 Å². The molecule has 3 aromatic rings. The smallest absolute Gasteiger partial charge is 0.247 e. The Bertz CT molecular complexity index is 1670. The summed E-state index contributed by atoms with van der Waals surface area (Å²) in [7, 11) is 0.0786. The third-order valence-electron chi connectivity index (χ3n) is 8.04. The zero-order chi connectivity index (χ0) is 32.8. The van der Waals surface area contributed by atoms with Crippen LogP contribution in [0, 0.1) is 0 Å². The van der Waals surface area contributed by atoms with Gasteiger partial charge in [-0.05, 0) is 45.2 Å². The van der Waals surface area contributed by atoms with Gasteiger partial charge in [-0.25, -0.2) is 13.4 Å². The van der Waals surface area contributed by atoms with Crippen LogP contribution in [0.1, 0.15) is 13.8 Å². The molecule has 0 aliphatic carbocycles. The van der Waals surface area contributed by atoms with Crippen molar-refractivity contribution in [3.63, 3.8) is 0 Å². The molecule has 0 unspecified atom stereocenters. The minimum Gasteiger partial charge on any atom is -0.494 e. The van der Waals surface area contributed by atoms with Crippen molar-refractivity contribution in [1.29, 1.82) is 0 Å². The maximum Gasteiger partial charge on any atom is 0.247 e. The molecule has 2 aromatic carbocycles. The van der Waals surface area contributed by atoms with E-state index in [4.69, 9.17) is 14.5 Å². The first-order chi connectivity index (χ1) is 22.1. The molecule has 5 rings (SSSR count). The molecule has 13 nitrogen and oxygen atoms in total. The fraction of sp³-hybridized carbons (Fsp3) is 0.406. The maximum absolute atomic E-state index is 13.2. The van der Waals surface area contributed by atoms with Gasteiger partial charge >= 0.3 is 0 Å². The zero-order valence-corrected chi connectivity index (χ0v) is 27.6. The molecule has 1 amide bonds. The van der Waals surface area contributed by atoms with Crippen LogP contribution in [0.3, 0.4) is 0 Å². The molecule has 14 heteroatoms. The SMILES string of the molecule is C=CC(=O)Nc1cc(Nc2ncc(N3CCOCC3)c(Nc3ccccc3S(=O)(=O)C(C)C)n2)c(OC)cc1N1CCN(C)CC1. The third-order valence-corrected chi connectivity index (χ3v) is 10.3. The summed E-state index contributed by atoms with van der Waals surface area (Å²) in [5.41, 5.74) is 3.09. The minimum atomic E-state index is -3.59. The van der Waals surface area contributed by atoms with Crippen LogP contribution in [-0.4, -0.2) is 101 Å². The molecule has 2 aliphatic rings. The third kappa shape index (κ3) is 7.35. The van der Waals surface area contributed by atoms with E-state index < -0.39 is 15.1 Å². The van der Waals surface area contributed by atoms with Gasteiger partial charge in [0.2, 0.25) is 11.9 Å². The number of amides is 1. The zero-order valence-electron chi connectivity index (χ0n) is 26.7. The van der Waals surface area contributed by atoms with E-state index >= 15 is 0 Å². The van der Waals surface area contributed by atoms with E-state index in [1.807, 2.05) is 6.07 Å². The highest BCUT2D eigenvalue weighted by Gasteiger charge is 2.25. The highest BCUT2D eigenvalue weighted by atomic mass is 32.2. The lowest BCUT2D eigenvalue weighted by Crippen LogP contribution is -2.44. The summed E-state index contributed by atoms with van der Waals surface area (Å²) in [4.78, 5) is 28.6. The maximum atomic E-state index is 13.2. The molecule has 0 bridgehead atoms. The average molecular weight is 651 g/mol. The molecule has 46 heavy (non-hydrogen) atoms. The summed E-state index contributed by atoms with van der Waals surface area (Å²) in [5.74, 6) is 0.878. The van der Waals surface area contributed by atoms with Gasteiger partial charge in [-0.3, -0.25) is 4.79 Å². The number of carbonyl (C=O) groups excluding carboxylic acids is 1. The van der Waals surface area contributed by atoms with Crippen molar-refractivity contribution < 1.29 is 22.7 Å². The average Bonchev–Trinajstić information content (AvgIpc) is 3.06. The van der Waals surface area contributed by atoms with Gasteiger partial charge < -0.3 is 40.1 Å². The number of methoxy groups -OCH3 is 1. The molecule has 246 valence electrons. The summed E-state index contributed by atoms with van der Waals surface area (Å²) in [5, 5.41) is 8.88. The Morgan fingerprint density at radius 2 is 1.67 bits per heavy atom. The normalized spacial score (nSPS) is 15.8. The molecule has 0 atom stereocenters. The second-order valence-corrected chi connectivity index (χ2v) is 13.9. The van der Waals surface area contributed by atoms with E-state index in [1.165, 1.54) is 6.08 Å². The molecule has 3 N–H and O–H groups in total. The van der Waals surface area contributed by atoms with Crippen LogP contribution in [0.2, 0.25) is 0 Å². The van der Waals surface area contributed by atoms with E-state index in [0.29, 0.717) is 60.6 Å². The summed E-state index contributed by atoms with van der Waals surface area (Å²) < 4.78 is 37.8. The van der Waals surface area contributed by atoms with E-state index in [2.05, 4.69) is 49.3 Å². The molecular formula is C32H42N8O5S. The predicted octanol–water partition coefficient (Wildman–Crippen LogP) is 3.87. The van der Waals surface area contributed by atoms with E-state index in [-0.39, 0.29) is 16.8 Å². The lowest BCUT2D eigenvalue weighted by atomic mass is 10.1. The van der Waals surface area contributed by atoms with Gasteiger partial charge in [-0.1, -0.05) is 18.7 Å². The number of carbonyl (C=O) groups is 1. The lowest BCUT2D eigenvalue weighted by Gasteiger charge is -2.35. The van der Waals surface area contributed by atoms with Crippen molar-refractivity contribution in [3.05, 3.63) is 55.3 Å². The number of ether oxygens (including phenoxy) is 2. The van der Waals surface area contributed by atoms with Crippen molar-refractivity contribution in [2.24, 2.45) is 0 Å². The fourth-order valence-corrected chi connectivity index (χ4v) is 6.51. The number of nitrogens with one attached hydrogen (secondary N) is 3. The number of nitrogens with zero attached hydrogens (tertiary/aromatic N) is 5. The number of morpholine rings is 1. The summed E-state index contributed by atoms with van der Waals surface area (Å²) >= 11 is 0. The molecule has 1 aromatic heterocycles. The number of piperazine rings is 1. The largest absolute Gasteiger partial charge is 0.494 e. The van der Waals surface area contributed by atoms with Crippen LogP contribution in [-0.2, 0) is 19.4 Å². The van der Waals surface area contributed by atoms with E-state index in [0.717, 1.165) is 31.9 Å². The monoisotopic (exact) mass is 650 g/mol. The first-order valence-electron chi connectivity index (χ1n) is 15.3. The number of rotatable bonds is 11. The van der Waals surface area contributed by atoms with Crippen molar-refractivity contribution in [3.8, 4) is 5.75 Å². The van der Waals surface area contributed by atoms with Crippen LogP contribution in [0.4, 0.5) is 40.2 Å². The van der Waals surface area contributed by atoms with Crippen molar-refractivity contribution in [2.45, 2.75) is 24.0 Å². The van der Waals surface area contributed by atoms with E-state index in [1.54, 1.807) is 57.5 Å². The topological polar surface area (TPSA) is 141 Å². The molecule has 0 spiro atoms. The Balaban J connectivity index is 1.54. The summed E-state index contributed by atoms with van der Waals surface area (Å²) in [6.45, 7) is 12.6. The van der Waals surface area contributed by atoms with Crippen molar-refractivity contribution in [2.75, 3.05) is 92.4 Å². The number of aromatic nitrogens is 2. The standard InChI is InChI=1S/C32H42N8O5S/c1-6-30(41)34-24-19-25(28(44-5)20-26(24)39-13-11-38(4)12-14-39)36-32-33-21-27(40-15-17-45-18-16-40)31(37-32)35-23-9-7-8-10-29(23)46(42,43)22(2)3/h6-10,19-22H,1,11-18H2,2-5H3,(H,34,41)(H2,33,35,36,37). The Morgan fingerprint density at radius 1 is 0.978 bits per heavy atom. The number of likely N-dealkylation sites (N-methyl/N-ethyl adjacent to an activating group) is 1. The van der Waals surface area contributed by atoms with Gasteiger partial charge in [0.15, 0.2) is 15.7 Å². The van der Waals surface area contributed by atoms with Crippen LogP contribution in [0.5, 0.6) is 5.75 Å². The number of hydrogen-bond donors (Lipinski definition) is 3. The number of benzene rings is 2. The Kier molecular flexibility index (Phi) is 10.3. The quantitative estimate of drug-likeness (QED) is 0.260. The second-order valence-electron chi connectivity index (χ2n) is 11.4. The van der Waals surface area contributed by atoms with Crippen LogP contribution < -0.4 is 30.5 Å². The fourth-order valence-electron chi connectivity index (χ4n) is 5.31. The molecule has 2 fully saturated rings. The number of sulfone groups is 1. The minimum absolute atomic E-state index is 0.190. The van der Waals surface area contributed by atoms with Gasteiger partial charge in [0.25, 0.3) is 0 Å². The van der Waals surface area contributed by atoms with Crippen LogP contribution in [0.25, 0.3) is 0 Å². The molecular weight excluding hydrogens is 608 g/mol. The number of anilines is 7. The Hall–Kier alpha value is -4.40. The van der Waals surface area contributed by atoms with E-state index in [9.17, 15) is 13.2 Å². The molecule has 0 saturated carbocycles. The molecule has 3 heterocycles. The molecule has 0 radical (unpaired) electrons. The first-order valence-corrected chi connectivity index (χ1v) is 16.8. The predicted molar refractivity (Wildman–Crippen MR) is 182 cm³/mol. The number of hydrogen-bond acceptors (Lipinski definition) is 12. The van der Waals surface area contributed by atoms with Gasteiger partial charge in [0.1, 0.15) is 5.75 Å². The molecule has 2 saturated heterocycles. The van der Waals surface area contributed by atoms with Gasteiger partial charge in [0.05, 0.1) is 65.1 Å². The first kappa shape index (κ1) is 33.0. The van der Waals surface area contributed by atoms with Crippen molar-refractivity contribution in [1.82, 2.24) is 14.9 Å². The summed E-state index contributed by atoms with van der Waals surface area (Å²) in [6.07, 6.45) is 2.93.